The largest absolute Gasteiger partial charge is 0.453 e. The van der Waals surface area contributed by atoms with Gasteiger partial charge in [0.25, 0.3) is 5.56 Å². The predicted molar refractivity (Wildman–Crippen MR) is 158 cm³/mol. The summed E-state index contributed by atoms with van der Waals surface area (Å²) in [5.41, 5.74) is 6.62. The Bertz CT molecular complexity index is 1850. The molecule has 0 bridgehead atoms. The minimum Gasteiger partial charge on any atom is -0.453 e. The van der Waals surface area contributed by atoms with Crippen LogP contribution in [0.25, 0.3) is 39.1 Å². The van der Waals surface area contributed by atoms with Crippen molar-refractivity contribution in [2.45, 2.75) is 40.0 Å². The van der Waals surface area contributed by atoms with Crippen LogP contribution in [0.3, 0.4) is 0 Å². The Labute approximate surface area is 226 Å². The SMILES string of the molecule is CCCCc1ccc(-n2c(C)cc(C=Nn3c(-c4cc5ccccc5o4)nc4ccccc4c3=O)c2C)cc1. The molecule has 194 valence electrons. The maximum absolute atomic E-state index is 13.6. The number of fused-ring (bicyclic) bond motifs is 2. The molecule has 3 heterocycles. The maximum atomic E-state index is 13.6. The van der Waals surface area contributed by atoms with E-state index in [1.165, 1.54) is 23.1 Å². The zero-order valence-electron chi connectivity index (χ0n) is 22.4. The van der Waals surface area contributed by atoms with Crippen LogP contribution in [0.2, 0.25) is 0 Å². The lowest BCUT2D eigenvalue weighted by Crippen LogP contribution is -2.20. The fourth-order valence-electron chi connectivity index (χ4n) is 5.11. The molecule has 0 saturated carbocycles. The summed E-state index contributed by atoms with van der Waals surface area (Å²) >= 11 is 0. The third-order valence-corrected chi connectivity index (χ3v) is 7.20. The summed E-state index contributed by atoms with van der Waals surface area (Å²) in [5, 5.41) is 6.12. The molecule has 0 atom stereocenters. The third-order valence-electron chi connectivity index (χ3n) is 7.20. The van der Waals surface area contributed by atoms with Crippen molar-refractivity contribution in [1.29, 1.82) is 0 Å². The van der Waals surface area contributed by atoms with Gasteiger partial charge in [-0.25, -0.2) is 4.98 Å². The van der Waals surface area contributed by atoms with Crippen LogP contribution in [0.4, 0.5) is 0 Å². The molecule has 6 rings (SSSR count). The van der Waals surface area contributed by atoms with Crippen molar-refractivity contribution in [1.82, 2.24) is 14.2 Å². The van der Waals surface area contributed by atoms with E-state index in [0.29, 0.717) is 22.5 Å². The van der Waals surface area contributed by atoms with Gasteiger partial charge in [0.15, 0.2) is 5.76 Å². The van der Waals surface area contributed by atoms with Crippen molar-refractivity contribution in [3.63, 3.8) is 0 Å². The Morgan fingerprint density at radius 3 is 2.51 bits per heavy atom. The van der Waals surface area contributed by atoms with Crippen LogP contribution in [0.15, 0.2) is 99.2 Å². The van der Waals surface area contributed by atoms with Gasteiger partial charge in [-0.2, -0.15) is 9.78 Å². The number of nitrogens with zero attached hydrogens (tertiary/aromatic N) is 4. The van der Waals surface area contributed by atoms with E-state index in [4.69, 9.17) is 9.40 Å². The summed E-state index contributed by atoms with van der Waals surface area (Å²) in [4.78, 5) is 18.4. The normalized spacial score (nSPS) is 11.8. The first-order valence-electron chi connectivity index (χ1n) is 13.4. The molecule has 0 aliphatic carbocycles. The zero-order chi connectivity index (χ0) is 26.9. The molecule has 0 N–H and O–H groups in total. The van der Waals surface area contributed by atoms with Crippen molar-refractivity contribution >= 4 is 28.1 Å². The molecule has 0 amide bonds. The average Bonchev–Trinajstić information content (AvgIpc) is 3.51. The van der Waals surface area contributed by atoms with Crippen LogP contribution in [0.1, 0.15) is 42.3 Å². The van der Waals surface area contributed by atoms with Crippen LogP contribution in [0, 0.1) is 13.8 Å². The number of hydrogen-bond donors (Lipinski definition) is 0. The number of unbranched alkanes of at least 4 members (excludes halogenated alkanes) is 1. The van der Waals surface area contributed by atoms with E-state index in [-0.39, 0.29) is 5.56 Å². The molecule has 39 heavy (non-hydrogen) atoms. The van der Waals surface area contributed by atoms with Gasteiger partial charge in [-0.3, -0.25) is 4.79 Å². The van der Waals surface area contributed by atoms with Crippen molar-refractivity contribution in [3.05, 3.63) is 118 Å². The lowest BCUT2D eigenvalue weighted by atomic mass is 10.1. The molecular formula is C33H30N4O2. The first kappa shape index (κ1) is 24.6. The van der Waals surface area contributed by atoms with Gasteiger partial charge in [-0.1, -0.05) is 55.8 Å². The van der Waals surface area contributed by atoms with Gasteiger partial charge in [0.1, 0.15) is 5.58 Å². The Morgan fingerprint density at radius 2 is 1.72 bits per heavy atom. The molecule has 0 unspecified atom stereocenters. The van der Waals surface area contributed by atoms with Gasteiger partial charge >= 0.3 is 0 Å². The molecule has 6 heteroatoms. The van der Waals surface area contributed by atoms with Crippen LogP contribution >= 0.6 is 0 Å². The van der Waals surface area contributed by atoms with E-state index in [9.17, 15) is 4.79 Å². The second-order valence-corrected chi connectivity index (χ2v) is 9.89. The van der Waals surface area contributed by atoms with Crippen molar-refractivity contribution in [2.24, 2.45) is 5.10 Å². The highest BCUT2D eigenvalue weighted by atomic mass is 16.3. The summed E-state index contributed by atoms with van der Waals surface area (Å²) in [7, 11) is 0. The highest BCUT2D eigenvalue weighted by Crippen LogP contribution is 2.27. The molecule has 0 radical (unpaired) electrons. The van der Waals surface area contributed by atoms with Gasteiger partial charge in [0.2, 0.25) is 5.82 Å². The summed E-state index contributed by atoms with van der Waals surface area (Å²) < 4.78 is 9.65. The monoisotopic (exact) mass is 514 g/mol. The molecule has 0 saturated heterocycles. The topological polar surface area (TPSA) is 65.3 Å². The Morgan fingerprint density at radius 1 is 0.949 bits per heavy atom. The fourth-order valence-corrected chi connectivity index (χ4v) is 5.11. The van der Waals surface area contributed by atoms with E-state index < -0.39 is 0 Å². The number of benzene rings is 3. The molecule has 0 spiro atoms. The Balaban J connectivity index is 1.43. The second kappa shape index (κ2) is 10.2. The minimum absolute atomic E-state index is 0.246. The van der Waals surface area contributed by atoms with E-state index in [2.05, 4.69) is 60.8 Å². The summed E-state index contributed by atoms with van der Waals surface area (Å²) in [6.07, 6.45) is 5.22. The van der Waals surface area contributed by atoms with Crippen molar-refractivity contribution in [2.75, 3.05) is 0 Å². The molecule has 6 aromatic rings. The van der Waals surface area contributed by atoms with Crippen molar-refractivity contribution < 1.29 is 4.42 Å². The molecule has 0 aliphatic rings. The molecular weight excluding hydrogens is 484 g/mol. The van der Waals surface area contributed by atoms with Gasteiger partial charge in [-0.15, -0.1) is 0 Å². The minimum atomic E-state index is -0.246. The third kappa shape index (κ3) is 4.59. The number of hydrogen-bond acceptors (Lipinski definition) is 4. The zero-order valence-corrected chi connectivity index (χ0v) is 22.4. The standard InChI is InChI=1S/C33H30N4O2/c1-4-5-10-24-15-17-27(18-16-24)36-22(2)19-26(23(36)3)21-34-37-32(31-20-25-11-6-9-14-30(25)39-31)35-29-13-8-7-12-28(29)33(37)38/h6-9,11-21H,4-5,10H2,1-3H3. The fraction of sp³-hybridized carbons (Fsp3) is 0.182. The predicted octanol–water partition coefficient (Wildman–Crippen LogP) is 7.44. The average molecular weight is 515 g/mol. The highest BCUT2D eigenvalue weighted by molar-refractivity contribution is 5.85. The van der Waals surface area contributed by atoms with E-state index in [1.807, 2.05) is 48.5 Å². The second-order valence-electron chi connectivity index (χ2n) is 9.89. The molecule has 6 nitrogen and oxygen atoms in total. The molecule has 3 aromatic heterocycles. The number of para-hydroxylation sites is 2. The van der Waals surface area contributed by atoms with E-state index >= 15 is 0 Å². The summed E-state index contributed by atoms with van der Waals surface area (Å²) in [6.45, 7) is 6.37. The van der Waals surface area contributed by atoms with Gasteiger partial charge in [-0.05, 0) is 74.7 Å². The van der Waals surface area contributed by atoms with E-state index in [0.717, 1.165) is 40.0 Å². The smallest absolute Gasteiger partial charge is 0.282 e. The van der Waals surface area contributed by atoms with Crippen LogP contribution < -0.4 is 5.56 Å². The van der Waals surface area contributed by atoms with Crippen LogP contribution in [0.5, 0.6) is 0 Å². The molecule has 3 aromatic carbocycles. The van der Waals surface area contributed by atoms with Gasteiger partial charge in [0.05, 0.1) is 17.1 Å². The quantitative estimate of drug-likeness (QED) is 0.208. The number of furan rings is 1. The summed E-state index contributed by atoms with van der Waals surface area (Å²) in [6, 6.07) is 27.8. The molecule has 0 aliphatic heterocycles. The lowest BCUT2D eigenvalue weighted by molar-refractivity contribution is 0.616. The van der Waals surface area contributed by atoms with Gasteiger partial charge in [0, 0.05) is 28.0 Å². The number of aromatic nitrogens is 3. The lowest BCUT2D eigenvalue weighted by Gasteiger charge is -2.11. The Kier molecular flexibility index (Phi) is 6.45. The number of rotatable bonds is 7. The number of aryl methyl sites for hydroxylation is 2. The maximum Gasteiger partial charge on any atom is 0.282 e. The van der Waals surface area contributed by atoms with Crippen LogP contribution in [-0.2, 0) is 6.42 Å². The van der Waals surface area contributed by atoms with Crippen molar-refractivity contribution in [3.8, 4) is 17.3 Å². The van der Waals surface area contributed by atoms with Crippen LogP contribution in [-0.4, -0.2) is 20.4 Å². The first-order valence-corrected chi connectivity index (χ1v) is 13.4. The summed E-state index contributed by atoms with van der Waals surface area (Å²) in [5.74, 6) is 0.854. The Hall–Kier alpha value is -4.71. The highest BCUT2D eigenvalue weighted by Gasteiger charge is 2.17. The van der Waals surface area contributed by atoms with E-state index in [1.54, 1.807) is 12.3 Å². The van der Waals surface area contributed by atoms with Gasteiger partial charge < -0.3 is 8.98 Å². The first-order chi connectivity index (χ1) is 19.0. The molecule has 0 fully saturated rings.